The number of thiazole rings is 1. The molecule has 0 fully saturated rings. The first-order valence-corrected chi connectivity index (χ1v) is 11.8. The quantitative estimate of drug-likeness (QED) is 0.385. The molecule has 2 aromatic carbocycles. The van der Waals surface area contributed by atoms with Gasteiger partial charge in [-0.3, -0.25) is 14.2 Å². The highest BCUT2D eigenvalue weighted by Crippen LogP contribution is 2.30. The van der Waals surface area contributed by atoms with Gasteiger partial charge in [0.2, 0.25) is 5.91 Å². The minimum atomic E-state index is -0.346. The first-order valence-electron chi connectivity index (χ1n) is 10.1. The molecule has 0 spiro atoms. The van der Waals surface area contributed by atoms with Gasteiger partial charge in [-0.25, -0.2) is 14.4 Å². The van der Waals surface area contributed by atoms with E-state index in [9.17, 15) is 14.0 Å². The van der Waals surface area contributed by atoms with Gasteiger partial charge >= 0.3 is 0 Å². The lowest BCUT2D eigenvalue weighted by atomic mass is 10.1. The van der Waals surface area contributed by atoms with Crippen LogP contribution in [0.1, 0.15) is 5.69 Å². The van der Waals surface area contributed by atoms with Crippen LogP contribution in [0.2, 0.25) is 0 Å². The average Bonchev–Trinajstić information content (AvgIpc) is 3.49. The highest BCUT2D eigenvalue weighted by molar-refractivity contribution is 7.17. The van der Waals surface area contributed by atoms with Gasteiger partial charge in [0.15, 0.2) is 0 Å². The number of nitrogens with zero attached hydrogens (tertiary/aromatic N) is 3. The fourth-order valence-electron chi connectivity index (χ4n) is 3.42. The largest absolute Gasteiger partial charge is 0.349 e. The zero-order valence-corrected chi connectivity index (χ0v) is 18.8. The molecule has 6 nitrogen and oxygen atoms in total. The third-order valence-corrected chi connectivity index (χ3v) is 6.90. The molecule has 3 heterocycles. The maximum atomic E-state index is 13.3. The van der Waals surface area contributed by atoms with Crippen LogP contribution in [-0.2, 0) is 17.9 Å². The van der Waals surface area contributed by atoms with Gasteiger partial charge in [0.1, 0.15) is 22.2 Å². The Bertz CT molecular complexity index is 1490. The van der Waals surface area contributed by atoms with Crippen LogP contribution in [0.4, 0.5) is 4.39 Å². The molecule has 0 aliphatic rings. The molecule has 5 rings (SSSR count). The summed E-state index contributed by atoms with van der Waals surface area (Å²) in [4.78, 5) is 35.1. The van der Waals surface area contributed by atoms with Crippen LogP contribution in [0, 0.1) is 5.82 Å². The van der Waals surface area contributed by atoms with E-state index in [0.29, 0.717) is 15.8 Å². The van der Waals surface area contributed by atoms with E-state index in [0.717, 1.165) is 21.8 Å². The smallest absolute Gasteiger partial charge is 0.263 e. The van der Waals surface area contributed by atoms with Crippen molar-refractivity contribution in [2.75, 3.05) is 0 Å². The van der Waals surface area contributed by atoms with Crippen LogP contribution < -0.4 is 10.9 Å². The molecule has 0 radical (unpaired) electrons. The normalized spacial score (nSPS) is 11.1. The second-order valence-corrected chi connectivity index (χ2v) is 9.02. The Morgan fingerprint density at radius 1 is 1.00 bits per heavy atom. The molecule has 9 heteroatoms. The summed E-state index contributed by atoms with van der Waals surface area (Å²) in [6.07, 6.45) is 1.38. The molecule has 0 bridgehead atoms. The monoisotopic (exact) mass is 476 g/mol. The van der Waals surface area contributed by atoms with Gasteiger partial charge in [0, 0.05) is 21.9 Å². The number of thiophene rings is 1. The fraction of sp³-hybridized carbons (Fsp3) is 0.0833. The lowest BCUT2D eigenvalue weighted by Gasteiger charge is -2.07. The van der Waals surface area contributed by atoms with Crippen molar-refractivity contribution in [2.24, 2.45) is 0 Å². The van der Waals surface area contributed by atoms with Gasteiger partial charge < -0.3 is 5.32 Å². The summed E-state index contributed by atoms with van der Waals surface area (Å²) in [6.45, 7) is 0.113. The zero-order chi connectivity index (χ0) is 22.8. The van der Waals surface area contributed by atoms with E-state index in [1.165, 1.54) is 45.7 Å². The van der Waals surface area contributed by atoms with Gasteiger partial charge in [-0.15, -0.1) is 22.7 Å². The Morgan fingerprint density at radius 2 is 1.79 bits per heavy atom. The van der Waals surface area contributed by atoms with Crippen molar-refractivity contribution >= 4 is 38.8 Å². The summed E-state index contributed by atoms with van der Waals surface area (Å²) >= 11 is 2.85. The molecule has 0 aliphatic carbocycles. The van der Waals surface area contributed by atoms with Crippen LogP contribution in [0.3, 0.4) is 0 Å². The number of nitrogens with one attached hydrogen (secondary N) is 1. The van der Waals surface area contributed by atoms with Gasteiger partial charge in [-0.2, -0.15) is 0 Å². The van der Waals surface area contributed by atoms with Gasteiger partial charge in [0.25, 0.3) is 5.56 Å². The van der Waals surface area contributed by atoms with E-state index in [4.69, 9.17) is 0 Å². The number of hydrogen-bond donors (Lipinski definition) is 1. The summed E-state index contributed by atoms with van der Waals surface area (Å²) in [7, 11) is 0. The lowest BCUT2D eigenvalue weighted by molar-refractivity contribution is -0.121. The van der Waals surface area contributed by atoms with E-state index in [1.807, 2.05) is 41.1 Å². The minimum Gasteiger partial charge on any atom is -0.349 e. The second kappa shape index (κ2) is 9.05. The van der Waals surface area contributed by atoms with Crippen molar-refractivity contribution in [1.82, 2.24) is 19.9 Å². The third kappa shape index (κ3) is 4.46. The number of fused-ring (bicyclic) bond motifs is 1. The third-order valence-electron chi connectivity index (χ3n) is 5.07. The van der Waals surface area contributed by atoms with Gasteiger partial charge in [0.05, 0.1) is 24.0 Å². The van der Waals surface area contributed by atoms with Gasteiger partial charge in [-0.05, 0) is 17.7 Å². The Kier molecular flexibility index (Phi) is 5.80. The topological polar surface area (TPSA) is 76.9 Å². The molecule has 0 unspecified atom stereocenters. The maximum Gasteiger partial charge on any atom is 0.263 e. The number of aromatic nitrogens is 3. The number of halogens is 1. The highest BCUT2D eigenvalue weighted by atomic mass is 32.1. The zero-order valence-electron chi connectivity index (χ0n) is 17.2. The Balaban J connectivity index is 1.31. The molecule has 1 amide bonds. The van der Waals surface area contributed by atoms with Crippen LogP contribution in [0.5, 0.6) is 0 Å². The van der Waals surface area contributed by atoms with Crippen LogP contribution in [-0.4, -0.2) is 20.4 Å². The Morgan fingerprint density at radius 3 is 2.58 bits per heavy atom. The van der Waals surface area contributed by atoms with E-state index < -0.39 is 0 Å². The Labute approximate surface area is 196 Å². The van der Waals surface area contributed by atoms with E-state index in [1.54, 1.807) is 12.1 Å². The number of carbonyl (C=O) groups excluding carboxylic acids is 1. The molecule has 0 atom stereocenters. The first-order chi connectivity index (χ1) is 16.1. The van der Waals surface area contributed by atoms with E-state index >= 15 is 0 Å². The van der Waals surface area contributed by atoms with Crippen molar-refractivity contribution in [1.29, 1.82) is 0 Å². The number of benzene rings is 2. The molecule has 5 aromatic rings. The fourth-order valence-corrected chi connectivity index (χ4v) is 5.16. The van der Waals surface area contributed by atoms with Crippen molar-refractivity contribution in [3.05, 3.63) is 93.5 Å². The second-order valence-electron chi connectivity index (χ2n) is 7.30. The van der Waals surface area contributed by atoms with Crippen molar-refractivity contribution in [3.8, 4) is 21.7 Å². The molecule has 1 N–H and O–H groups in total. The molecule has 0 saturated heterocycles. The molecular weight excluding hydrogens is 459 g/mol. The number of carbonyl (C=O) groups is 1. The standard InChI is InChI=1S/C24H17FN4O2S2/c25-17-8-6-15(7-9-17)19-13-33-23-21(19)24(31)29(14-27-23)11-20(30)26-10-18-12-32-22(28-18)16-4-2-1-3-5-16/h1-9,12-14H,10-11H2,(H,26,30). The van der Waals surface area contributed by atoms with Crippen LogP contribution in [0.25, 0.3) is 31.9 Å². The number of rotatable bonds is 6. The van der Waals surface area contributed by atoms with Crippen molar-refractivity contribution in [2.45, 2.75) is 13.1 Å². The Hall–Kier alpha value is -3.69. The van der Waals surface area contributed by atoms with E-state index in [2.05, 4.69) is 15.3 Å². The highest BCUT2D eigenvalue weighted by Gasteiger charge is 2.15. The molecule has 3 aromatic heterocycles. The number of hydrogen-bond acceptors (Lipinski definition) is 6. The van der Waals surface area contributed by atoms with Crippen molar-refractivity contribution < 1.29 is 9.18 Å². The number of amides is 1. The average molecular weight is 477 g/mol. The minimum absolute atomic E-state index is 0.157. The van der Waals surface area contributed by atoms with Crippen LogP contribution >= 0.6 is 22.7 Å². The molecule has 0 aliphatic heterocycles. The maximum absolute atomic E-state index is 13.3. The predicted molar refractivity (Wildman–Crippen MR) is 129 cm³/mol. The summed E-state index contributed by atoms with van der Waals surface area (Å²) in [5.41, 5.74) is 2.87. The molecule has 164 valence electrons. The molecule has 33 heavy (non-hydrogen) atoms. The summed E-state index contributed by atoms with van der Waals surface area (Å²) < 4.78 is 14.6. The summed E-state index contributed by atoms with van der Waals surface area (Å²) in [5, 5.41) is 7.85. The first kappa shape index (κ1) is 21.2. The molecule has 0 saturated carbocycles. The summed E-state index contributed by atoms with van der Waals surface area (Å²) in [6, 6.07) is 15.8. The van der Waals surface area contributed by atoms with Gasteiger partial charge in [-0.1, -0.05) is 42.5 Å². The SMILES string of the molecule is O=C(Cn1cnc2scc(-c3ccc(F)cc3)c2c1=O)NCc1csc(-c2ccccc2)n1. The predicted octanol–water partition coefficient (Wildman–Crippen LogP) is 4.70. The molecular formula is C24H17FN4O2S2. The lowest BCUT2D eigenvalue weighted by Crippen LogP contribution is -2.32. The van der Waals surface area contributed by atoms with Crippen LogP contribution in [0.15, 0.2) is 76.5 Å². The van der Waals surface area contributed by atoms with Crippen molar-refractivity contribution in [3.63, 3.8) is 0 Å². The van der Waals surface area contributed by atoms with E-state index in [-0.39, 0.29) is 30.4 Å². The summed E-state index contributed by atoms with van der Waals surface area (Å²) in [5.74, 6) is -0.660.